The molecule has 2 aliphatic rings. The molecule has 1 aromatic carbocycles. The lowest BCUT2D eigenvalue weighted by Crippen LogP contribution is -2.42. The van der Waals surface area contributed by atoms with Crippen LogP contribution in [0.15, 0.2) is 23.2 Å². The van der Waals surface area contributed by atoms with E-state index in [2.05, 4.69) is 15.2 Å². The Morgan fingerprint density at radius 2 is 2.12 bits per heavy atom. The van der Waals surface area contributed by atoms with E-state index >= 15 is 0 Å². The van der Waals surface area contributed by atoms with Crippen LogP contribution in [0.5, 0.6) is 17.2 Å². The average Bonchev–Trinajstić information content (AvgIpc) is 3.33. The molecule has 0 bridgehead atoms. The Morgan fingerprint density at radius 3 is 2.92 bits per heavy atom. The van der Waals surface area contributed by atoms with Gasteiger partial charge in [-0.25, -0.2) is 0 Å². The number of rotatable bonds is 9. The minimum Gasteiger partial charge on any atom is -0.492 e. The van der Waals surface area contributed by atoms with E-state index in [-0.39, 0.29) is 6.79 Å². The number of nitrogens with zero attached hydrogens (tertiary/aromatic N) is 2. The fraction of sp³-hybridized carbons (Fsp3) is 0.611. The second kappa shape index (κ2) is 8.80. The summed E-state index contributed by atoms with van der Waals surface area (Å²) in [6.45, 7) is 3.90. The number of hydrogen-bond donors (Lipinski definition) is 1. The summed E-state index contributed by atoms with van der Waals surface area (Å²) in [7, 11) is 3.79. The van der Waals surface area contributed by atoms with Crippen molar-refractivity contribution in [1.29, 1.82) is 0 Å². The number of hydrogen-bond acceptors (Lipinski definition) is 5. The molecule has 7 nitrogen and oxygen atoms in total. The zero-order valence-electron chi connectivity index (χ0n) is 15.0. The van der Waals surface area contributed by atoms with Gasteiger partial charge in [0.05, 0.1) is 13.2 Å². The van der Waals surface area contributed by atoms with Gasteiger partial charge in [0.2, 0.25) is 6.79 Å². The van der Waals surface area contributed by atoms with Gasteiger partial charge in [0.25, 0.3) is 0 Å². The van der Waals surface area contributed by atoms with Crippen LogP contribution in [0.2, 0.25) is 0 Å². The number of nitrogens with one attached hydrogen (secondary N) is 1. The molecule has 1 heterocycles. The van der Waals surface area contributed by atoms with Gasteiger partial charge in [-0.15, -0.1) is 0 Å². The molecule has 1 aliphatic heterocycles. The Bertz CT molecular complexity index is 590. The van der Waals surface area contributed by atoms with Gasteiger partial charge in [-0.3, -0.25) is 4.99 Å². The Balaban J connectivity index is 1.32. The Hall–Kier alpha value is -2.15. The molecule has 0 atom stereocenters. The van der Waals surface area contributed by atoms with Crippen LogP contribution >= 0.6 is 0 Å². The van der Waals surface area contributed by atoms with Crippen molar-refractivity contribution in [2.75, 3.05) is 53.8 Å². The second-order valence-corrected chi connectivity index (χ2v) is 6.28. The van der Waals surface area contributed by atoms with E-state index in [1.54, 1.807) is 7.05 Å². The van der Waals surface area contributed by atoms with Gasteiger partial charge >= 0.3 is 0 Å². The van der Waals surface area contributed by atoms with Gasteiger partial charge in [-0.05, 0) is 30.9 Å². The molecule has 0 saturated heterocycles. The SMILES string of the molecule is CN=C(NCCOc1ccc2c(c1)OCO2)N(C)CCOCC1CC1. The third kappa shape index (κ3) is 5.42. The molecular formula is C18H27N3O4. The van der Waals surface area contributed by atoms with Crippen molar-refractivity contribution in [2.24, 2.45) is 10.9 Å². The first-order chi connectivity index (χ1) is 12.3. The van der Waals surface area contributed by atoms with Crippen LogP contribution in [-0.2, 0) is 4.74 Å². The van der Waals surface area contributed by atoms with Crippen LogP contribution in [0.1, 0.15) is 12.8 Å². The highest BCUT2D eigenvalue weighted by Crippen LogP contribution is 2.35. The lowest BCUT2D eigenvalue weighted by Gasteiger charge is -2.22. The van der Waals surface area contributed by atoms with Crippen LogP contribution < -0.4 is 19.5 Å². The van der Waals surface area contributed by atoms with Crippen molar-refractivity contribution in [3.8, 4) is 17.2 Å². The smallest absolute Gasteiger partial charge is 0.231 e. The zero-order chi connectivity index (χ0) is 17.5. The van der Waals surface area contributed by atoms with Crippen molar-refractivity contribution < 1.29 is 18.9 Å². The topological polar surface area (TPSA) is 64.6 Å². The normalized spacial score (nSPS) is 16.0. The zero-order valence-corrected chi connectivity index (χ0v) is 15.0. The van der Waals surface area contributed by atoms with Gasteiger partial charge in [-0.1, -0.05) is 0 Å². The number of fused-ring (bicyclic) bond motifs is 1. The summed E-state index contributed by atoms with van der Waals surface area (Å²) in [5.74, 6) is 3.90. The highest BCUT2D eigenvalue weighted by Gasteiger charge is 2.21. The van der Waals surface area contributed by atoms with E-state index in [9.17, 15) is 0 Å². The molecule has 1 aliphatic carbocycles. The van der Waals surface area contributed by atoms with E-state index in [1.807, 2.05) is 25.2 Å². The molecule has 1 saturated carbocycles. The molecule has 0 radical (unpaired) electrons. The van der Waals surface area contributed by atoms with Gasteiger partial charge < -0.3 is 29.2 Å². The summed E-state index contributed by atoms with van der Waals surface area (Å²) in [5.41, 5.74) is 0. The van der Waals surface area contributed by atoms with Gasteiger partial charge in [-0.2, -0.15) is 0 Å². The molecule has 138 valence electrons. The summed E-state index contributed by atoms with van der Waals surface area (Å²) >= 11 is 0. The first-order valence-electron chi connectivity index (χ1n) is 8.78. The van der Waals surface area contributed by atoms with E-state index in [4.69, 9.17) is 18.9 Å². The molecule has 1 N–H and O–H groups in total. The predicted octanol–water partition coefficient (Wildman–Crippen LogP) is 1.73. The van der Waals surface area contributed by atoms with E-state index in [0.29, 0.717) is 13.2 Å². The van der Waals surface area contributed by atoms with Crippen molar-refractivity contribution in [2.45, 2.75) is 12.8 Å². The van der Waals surface area contributed by atoms with Crippen LogP contribution in [0.25, 0.3) is 0 Å². The highest BCUT2D eigenvalue weighted by atomic mass is 16.7. The molecule has 1 fully saturated rings. The number of likely N-dealkylation sites (N-methyl/N-ethyl adjacent to an activating group) is 1. The van der Waals surface area contributed by atoms with Crippen molar-refractivity contribution in [3.05, 3.63) is 18.2 Å². The molecule has 1 aromatic rings. The minimum absolute atomic E-state index is 0.271. The summed E-state index contributed by atoms with van der Waals surface area (Å²) in [5, 5.41) is 3.29. The van der Waals surface area contributed by atoms with E-state index in [1.165, 1.54) is 12.8 Å². The van der Waals surface area contributed by atoms with E-state index in [0.717, 1.165) is 48.9 Å². The molecule has 7 heteroatoms. The monoisotopic (exact) mass is 349 g/mol. The maximum atomic E-state index is 5.74. The maximum Gasteiger partial charge on any atom is 0.231 e. The first kappa shape index (κ1) is 17.7. The summed E-state index contributed by atoms with van der Waals surface area (Å²) in [6, 6.07) is 5.59. The Morgan fingerprint density at radius 1 is 1.28 bits per heavy atom. The highest BCUT2D eigenvalue weighted by molar-refractivity contribution is 5.79. The van der Waals surface area contributed by atoms with Crippen LogP contribution in [0.3, 0.4) is 0 Å². The number of ether oxygens (including phenoxy) is 4. The standard InChI is InChI=1S/C18H27N3O4/c1-19-18(21(2)8-10-22-12-14-3-4-14)20-7-9-23-15-5-6-16-17(11-15)25-13-24-16/h5-6,11,14H,3-4,7-10,12-13H2,1-2H3,(H,19,20). The molecule has 0 amide bonds. The number of benzene rings is 1. The number of guanidine groups is 1. The third-order valence-corrected chi connectivity index (χ3v) is 4.19. The molecule has 0 unspecified atom stereocenters. The molecule has 0 aromatic heterocycles. The van der Waals surface area contributed by atoms with Crippen molar-refractivity contribution >= 4 is 5.96 Å². The van der Waals surface area contributed by atoms with Crippen LogP contribution in [0.4, 0.5) is 0 Å². The van der Waals surface area contributed by atoms with Crippen molar-refractivity contribution in [3.63, 3.8) is 0 Å². The van der Waals surface area contributed by atoms with Gasteiger partial charge in [0.15, 0.2) is 17.5 Å². The van der Waals surface area contributed by atoms with Gasteiger partial charge in [0.1, 0.15) is 12.4 Å². The predicted molar refractivity (Wildman–Crippen MR) is 95.6 cm³/mol. The maximum absolute atomic E-state index is 5.74. The second-order valence-electron chi connectivity index (χ2n) is 6.28. The summed E-state index contributed by atoms with van der Waals surface area (Å²) in [6.07, 6.45) is 2.64. The fourth-order valence-electron chi connectivity index (χ4n) is 2.52. The lowest BCUT2D eigenvalue weighted by atomic mass is 10.3. The molecule has 3 rings (SSSR count). The van der Waals surface area contributed by atoms with Crippen molar-refractivity contribution in [1.82, 2.24) is 10.2 Å². The van der Waals surface area contributed by atoms with Gasteiger partial charge in [0, 0.05) is 33.3 Å². The molecular weight excluding hydrogens is 322 g/mol. The average molecular weight is 349 g/mol. The Kier molecular flexibility index (Phi) is 6.22. The first-order valence-corrected chi connectivity index (χ1v) is 8.78. The van der Waals surface area contributed by atoms with Crippen LogP contribution in [0, 0.1) is 5.92 Å². The molecule has 0 spiro atoms. The lowest BCUT2D eigenvalue weighted by molar-refractivity contribution is 0.115. The Labute approximate surface area is 148 Å². The third-order valence-electron chi connectivity index (χ3n) is 4.19. The fourth-order valence-corrected chi connectivity index (χ4v) is 2.52. The number of aliphatic imine (C=N–C) groups is 1. The van der Waals surface area contributed by atoms with Crippen LogP contribution in [-0.4, -0.2) is 64.7 Å². The minimum atomic E-state index is 0.271. The van der Waals surface area contributed by atoms with E-state index < -0.39 is 0 Å². The quantitative estimate of drug-likeness (QED) is 0.416. The largest absolute Gasteiger partial charge is 0.492 e. The summed E-state index contributed by atoms with van der Waals surface area (Å²) in [4.78, 5) is 6.35. The molecule has 25 heavy (non-hydrogen) atoms. The summed E-state index contributed by atoms with van der Waals surface area (Å²) < 4.78 is 22.0.